The Morgan fingerprint density at radius 1 is 0.500 bits per heavy atom. The molecule has 0 N–H and O–H groups in total. The van der Waals surface area contributed by atoms with E-state index in [0.29, 0.717) is 22.9 Å². The van der Waals surface area contributed by atoms with E-state index in [9.17, 15) is 0 Å². The average Bonchev–Trinajstić information content (AvgIpc) is 3.88. The fourth-order valence-corrected chi connectivity index (χ4v) is 9.58. The van der Waals surface area contributed by atoms with Gasteiger partial charge in [-0.15, -0.1) is 0 Å². The number of pyridine rings is 1. The van der Waals surface area contributed by atoms with Crippen LogP contribution in [0.4, 0.5) is 22.9 Å². The van der Waals surface area contributed by atoms with E-state index in [1.807, 2.05) is 121 Å². The second-order valence-corrected chi connectivity index (χ2v) is 15.8. The zero-order valence-electron chi connectivity index (χ0n) is 38.1. The van der Waals surface area contributed by atoms with E-state index in [0.717, 1.165) is 60.0 Å². The fraction of sp³-hybridized carbons (Fsp3) is 0. The van der Waals surface area contributed by atoms with Crippen LogP contribution in [-0.4, -0.2) is 21.1 Å². The summed E-state index contributed by atoms with van der Waals surface area (Å²) in [6.45, 7) is -0.226. The van der Waals surface area contributed by atoms with E-state index in [1.54, 1.807) is 0 Å². The molecule has 298 valence electrons. The quantitative estimate of drug-likeness (QED) is 0.135. The number of benzene rings is 8. The van der Waals surface area contributed by atoms with Crippen LogP contribution in [0.5, 0.6) is 11.6 Å². The Hall–Kier alpha value is -7.47. The molecule has 2 aromatic heterocycles. The first-order valence-corrected chi connectivity index (χ1v) is 21.4. The molecule has 1 aliphatic rings. The van der Waals surface area contributed by atoms with Crippen molar-refractivity contribution in [1.29, 1.82) is 0 Å². The van der Waals surface area contributed by atoms with Crippen LogP contribution in [0.2, 0.25) is 0 Å². The van der Waals surface area contributed by atoms with Gasteiger partial charge in [0.1, 0.15) is 0 Å². The van der Waals surface area contributed by atoms with E-state index in [4.69, 9.17) is 16.6 Å². The Morgan fingerprint density at radius 3 is 1.82 bits per heavy atom. The molecule has 0 unspecified atom stereocenters. The van der Waals surface area contributed by atoms with Gasteiger partial charge in [0.25, 0.3) is 0 Å². The number of ether oxygens (including phenoxy) is 1. The number of nitrogens with zero attached hydrogens (tertiary/aromatic N) is 5. The Balaban J connectivity index is 1.03. The van der Waals surface area contributed by atoms with Gasteiger partial charge in [0.2, 0.25) is 0 Å². The molecule has 62 heavy (non-hydrogen) atoms. The van der Waals surface area contributed by atoms with Crippen molar-refractivity contribution in [3.8, 4) is 45.3 Å². The number of para-hydroxylation sites is 6. The molecule has 0 spiro atoms. The van der Waals surface area contributed by atoms with E-state index < -0.39 is 6.04 Å². The monoisotopic (exact) mass is 983 g/mol. The first kappa shape index (κ1) is 32.3. The number of imidazole rings is 1. The summed E-state index contributed by atoms with van der Waals surface area (Å²) in [6.07, 6.45) is 0. The molecule has 0 bridgehead atoms. The summed E-state index contributed by atoms with van der Waals surface area (Å²) < 4.78 is 55.4. The Kier molecular flexibility index (Phi) is 8.44. The van der Waals surface area contributed by atoms with Gasteiger partial charge in [0, 0.05) is 5.69 Å². The Bertz CT molecular complexity index is 3550. The van der Waals surface area contributed by atoms with Crippen LogP contribution in [0.3, 0.4) is 0 Å². The van der Waals surface area contributed by atoms with Crippen molar-refractivity contribution in [2.45, 2.75) is 0 Å². The van der Waals surface area contributed by atoms with Gasteiger partial charge in [-0.3, -0.25) is 0 Å². The summed E-state index contributed by atoms with van der Waals surface area (Å²) in [4.78, 5) is 9.79. The molecule has 11 rings (SSSR count). The molecule has 10 aromatic rings. The SMILES string of the molecule is [2H]c1c([2H])c([2H])c(-c2cccc(-c3ccccc3)c2-n2[c](=[Pt])n(-c3cccc(Oc4cccc(N5B(c6ccccc6)N(c6ccccc6)c6ccccc65)n4)c3)c3ccccc32)c([2H])c1[2H]. The molecule has 0 fully saturated rings. The van der Waals surface area contributed by atoms with Crippen molar-refractivity contribution >= 4 is 46.4 Å². The second kappa shape index (κ2) is 16.2. The van der Waals surface area contributed by atoms with Crippen molar-refractivity contribution in [3.63, 3.8) is 0 Å². The molecule has 1 aliphatic heterocycles. The van der Waals surface area contributed by atoms with Crippen LogP contribution in [-0.2, 0) is 19.4 Å². The molecule has 3 heterocycles. The van der Waals surface area contributed by atoms with Crippen LogP contribution in [0.25, 0.3) is 44.7 Å². The molecular formula is C54H38BN5OPt. The zero-order valence-corrected chi connectivity index (χ0v) is 35.4. The minimum atomic E-state index is -0.435. The maximum absolute atomic E-state index is 9.05. The predicted molar refractivity (Wildman–Crippen MR) is 250 cm³/mol. The maximum atomic E-state index is 9.05. The number of hydrogen-bond donors (Lipinski definition) is 0. The zero-order chi connectivity index (χ0) is 45.8. The standard InChI is InChI=1S/C54H38BN5O.Pt/c1-5-20-40(21-6-1)46-30-18-31-47(41-22-7-2-8-23-41)54(46)58-39-57(48-32-13-14-33-49(48)58)44-28-17-29-45(38-44)61-53-37-19-36-52(56-53)60-51-35-16-15-34-50(51)59(43-26-11-4-12-27-43)55(60)42-24-9-3-10-25-42;/h1-38H;/i1D,5D,6D,20D,21D;. The summed E-state index contributed by atoms with van der Waals surface area (Å²) in [7, 11) is 0. The number of aromatic nitrogens is 3. The molecule has 0 atom stereocenters. The third-order valence-corrected chi connectivity index (χ3v) is 12.1. The van der Waals surface area contributed by atoms with E-state index in [-0.39, 0.29) is 36.7 Å². The van der Waals surface area contributed by atoms with E-state index in [1.165, 1.54) is 0 Å². The van der Waals surface area contributed by atoms with Gasteiger partial charge in [-0.05, 0) is 18.2 Å². The Morgan fingerprint density at radius 2 is 1.08 bits per heavy atom. The summed E-state index contributed by atoms with van der Waals surface area (Å²) in [5, 5.41) is 0. The van der Waals surface area contributed by atoms with Gasteiger partial charge >= 0.3 is 296 Å². The second-order valence-electron chi connectivity index (χ2n) is 14.8. The third-order valence-electron chi connectivity index (χ3n) is 11.1. The van der Waals surface area contributed by atoms with Crippen LogP contribution in [0, 0.1) is 3.80 Å². The van der Waals surface area contributed by atoms with Gasteiger partial charge in [-0.2, -0.15) is 0 Å². The molecule has 8 aromatic carbocycles. The molecule has 8 heteroatoms. The normalized spacial score (nSPS) is 13.3. The van der Waals surface area contributed by atoms with Gasteiger partial charge < -0.3 is 0 Å². The number of fused-ring (bicyclic) bond motifs is 2. The third kappa shape index (κ3) is 6.68. The molecule has 0 saturated heterocycles. The molecule has 0 amide bonds. The first-order chi connectivity index (χ1) is 32.8. The first-order valence-electron chi connectivity index (χ1n) is 22.8. The topological polar surface area (TPSA) is 38.5 Å². The van der Waals surface area contributed by atoms with Gasteiger partial charge in [0.05, 0.1) is 0 Å². The van der Waals surface area contributed by atoms with Crippen molar-refractivity contribution in [2.24, 2.45) is 0 Å². The van der Waals surface area contributed by atoms with Crippen molar-refractivity contribution < 1.29 is 30.9 Å². The van der Waals surface area contributed by atoms with E-state index >= 15 is 0 Å². The minimum absolute atomic E-state index is 0.129. The van der Waals surface area contributed by atoms with Crippen molar-refractivity contribution in [3.05, 3.63) is 234 Å². The number of rotatable bonds is 9. The predicted octanol–water partition coefficient (Wildman–Crippen LogP) is 12.7. The van der Waals surface area contributed by atoms with Crippen LogP contribution in [0.1, 0.15) is 6.85 Å². The molecule has 0 saturated carbocycles. The fourth-order valence-electron chi connectivity index (χ4n) is 8.48. The molecule has 0 aliphatic carbocycles. The van der Waals surface area contributed by atoms with Crippen molar-refractivity contribution in [2.75, 3.05) is 9.62 Å². The van der Waals surface area contributed by atoms with Crippen LogP contribution in [0.15, 0.2) is 230 Å². The van der Waals surface area contributed by atoms with Gasteiger partial charge in [0.15, 0.2) is 0 Å². The number of anilines is 4. The summed E-state index contributed by atoms with van der Waals surface area (Å²) >= 11 is 2.32. The summed E-state index contributed by atoms with van der Waals surface area (Å²) in [5.41, 5.74) is 9.92. The molecule has 0 radical (unpaired) electrons. The summed E-state index contributed by atoms with van der Waals surface area (Å²) in [5.74, 6) is 1.74. The average molecular weight is 984 g/mol. The van der Waals surface area contributed by atoms with Crippen LogP contribution >= 0.6 is 0 Å². The van der Waals surface area contributed by atoms with Gasteiger partial charge in [-0.1, -0.05) is 60.7 Å². The van der Waals surface area contributed by atoms with Gasteiger partial charge in [-0.25, -0.2) is 0 Å². The van der Waals surface area contributed by atoms with Crippen LogP contribution < -0.4 is 19.8 Å². The molecular weight excluding hydrogens is 941 g/mol. The summed E-state index contributed by atoms with van der Waals surface area (Å²) in [6, 6.07) is 65.0. The number of hydrogen-bond acceptors (Lipinski definition) is 4. The van der Waals surface area contributed by atoms with Crippen molar-refractivity contribution in [1.82, 2.24) is 14.1 Å². The van der Waals surface area contributed by atoms with E-state index in [2.05, 4.69) is 117 Å². The Labute approximate surface area is 378 Å². The molecule has 6 nitrogen and oxygen atoms in total.